The van der Waals surface area contributed by atoms with Crippen molar-refractivity contribution in [3.63, 3.8) is 0 Å². The van der Waals surface area contributed by atoms with Gasteiger partial charge in [-0.15, -0.1) is 5.10 Å². The molecule has 0 bridgehead atoms. The van der Waals surface area contributed by atoms with Crippen LogP contribution < -0.4 is 15.2 Å². The van der Waals surface area contributed by atoms with Gasteiger partial charge >= 0.3 is 0 Å². The van der Waals surface area contributed by atoms with Gasteiger partial charge in [-0.05, 0) is 42.0 Å². The molecule has 3 heterocycles. The molecule has 1 aromatic heterocycles. The zero-order chi connectivity index (χ0) is 27.1. The van der Waals surface area contributed by atoms with Crippen LogP contribution in [0.5, 0.6) is 0 Å². The Morgan fingerprint density at radius 3 is 2.17 bits per heavy atom. The van der Waals surface area contributed by atoms with Crippen molar-refractivity contribution in [2.45, 2.75) is 6.04 Å². The first-order chi connectivity index (χ1) is 19.7. The molecule has 40 heavy (non-hydrogen) atoms. The fourth-order valence-corrected chi connectivity index (χ4v) is 4.96. The predicted octanol–water partition coefficient (Wildman–Crippen LogP) is 6.73. The van der Waals surface area contributed by atoms with E-state index in [4.69, 9.17) is 26.2 Å². The van der Waals surface area contributed by atoms with Crippen molar-refractivity contribution in [3.05, 3.63) is 131 Å². The Morgan fingerprint density at radius 2 is 1.48 bits per heavy atom. The summed E-state index contributed by atoms with van der Waals surface area (Å²) in [6.07, 6.45) is 0. The molecule has 2 aliphatic rings. The summed E-state index contributed by atoms with van der Waals surface area (Å²) in [5.74, 6) is 0.501. The smallest absolute Gasteiger partial charge is 0.294 e. The van der Waals surface area contributed by atoms with Gasteiger partial charge < -0.3 is 9.84 Å². The quantitative estimate of drug-likeness (QED) is 0.265. The highest BCUT2D eigenvalue weighted by atomic mass is 35.5. The molecule has 0 fully saturated rings. The van der Waals surface area contributed by atoms with Gasteiger partial charge in [-0.3, -0.25) is 4.79 Å². The zero-order valence-electron chi connectivity index (χ0n) is 21.0. The summed E-state index contributed by atoms with van der Waals surface area (Å²) in [6.45, 7) is 0. The summed E-state index contributed by atoms with van der Waals surface area (Å²) >= 11 is 6.22. The lowest BCUT2D eigenvalue weighted by Gasteiger charge is -2.28. The third-order valence-corrected chi connectivity index (χ3v) is 6.95. The number of carbonyl (C=O) groups excluding carboxylic acids is 1. The first-order valence-corrected chi connectivity index (χ1v) is 13.0. The first kappa shape index (κ1) is 23.9. The van der Waals surface area contributed by atoms with Gasteiger partial charge in [-0.25, -0.2) is 9.89 Å². The molecule has 2 aliphatic heterocycles. The molecule has 9 heteroatoms. The maximum absolute atomic E-state index is 13.7. The van der Waals surface area contributed by atoms with Crippen molar-refractivity contribution in [2.24, 2.45) is 10.1 Å². The van der Waals surface area contributed by atoms with Gasteiger partial charge in [0.1, 0.15) is 11.7 Å². The fourth-order valence-electron chi connectivity index (χ4n) is 4.84. The highest BCUT2D eigenvalue weighted by molar-refractivity contribution is 6.54. The van der Waals surface area contributed by atoms with Crippen molar-refractivity contribution in [1.29, 1.82) is 0 Å². The Hall–Kier alpha value is -5.21. The van der Waals surface area contributed by atoms with Crippen molar-refractivity contribution < 1.29 is 9.32 Å². The number of carbonyl (C=O) groups is 1. The van der Waals surface area contributed by atoms with Crippen LogP contribution in [0.2, 0.25) is 5.02 Å². The number of hydrogen-bond donors (Lipinski definition) is 1. The molecular formula is C31H21ClN6O2. The van der Waals surface area contributed by atoms with Gasteiger partial charge in [-0.1, -0.05) is 95.6 Å². The Balaban J connectivity index is 1.41. The van der Waals surface area contributed by atoms with E-state index in [1.54, 1.807) is 9.91 Å². The van der Waals surface area contributed by atoms with Crippen LogP contribution in [0, 0.1) is 0 Å². The number of para-hydroxylation sites is 2. The van der Waals surface area contributed by atoms with Crippen LogP contribution in [0.15, 0.2) is 130 Å². The lowest BCUT2D eigenvalue weighted by Crippen LogP contribution is -2.44. The molecule has 0 spiro atoms. The number of amides is 1. The lowest BCUT2D eigenvalue weighted by atomic mass is 9.94. The number of nitrogens with zero attached hydrogens (tertiary/aromatic N) is 5. The normalized spacial score (nSPS) is 15.7. The Morgan fingerprint density at radius 1 is 0.825 bits per heavy atom. The zero-order valence-corrected chi connectivity index (χ0v) is 21.7. The minimum atomic E-state index is -0.488. The summed E-state index contributed by atoms with van der Waals surface area (Å²) < 4.78 is 6.03. The molecule has 4 aromatic carbocycles. The number of anilines is 3. The van der Waals surface area contributed by atoms with Gasteiger partial charge in [-0.2, -0.15) is 5.01 Å². The second-order valence-corrected chi connectivity index (χ2v) is 9.66. The summed E-state index contributed by atoms with van der Waals surface area (Å²) in [5.41, 5.74) is 4.53. The maximum Gasteiger partial charge on any atom is 0.294 e. The molecule has 194 valence electrons. The number of halogens is 1. The van der Waals surface area contributed by atoms with Crippen LogP contribution in [0.25, 0.3) is 11.3 Å². The number of fused-ring (bicyclic) bond motifs is 3. The highest BCUT2D eigenvalue weighted by Gasteiger charge is 2.46. The number of guanidine groups is 1. The van der Waals surface area contributed by atoms with E-state index in [0.717, 1.165) is 22.4 Å². The van der Waals surface area contributed by atoms with E-state index in [0.29, 0.717) is 28.2 Å². The Kier molecular flexibility index (Phi) is 5.87. The van der Waals surface area contributed by atoms with Crippen molar-refractivity contribution in [1.82, 2.24) is 5.16 Å². The molecule has 1 atom stereocenters. The monoisotopic (exact) mass is 544 g/mol. The molecule has 0 saturated carbocycles. The topological polar surface area (TPSA) is 86.3 Å². The van der Waals surface area contributed by atoms with E-state index in [-0.39, 0.29) is 5.84 Å². The van der Waals surface area contributed by atoms with E-state index in [9.17, 15) is 4.79 Å². The summed E-state index contributed by atoms with van der Waals surface area (Å²) in [4.78, 5) is 20.5. The van der Waals surface area contributed by atoms with Crippen LogP contribution in [0.4, 0.5) is 17.3 Å². The third kappa shape index (κ3) is 4.11. The average Bonchev–Trinajstić information content (AvgIpc) is 3.61. The fraction of sp³-hybridized carbons (Fsp3) is 0.0323. The Bertz CT molecular complexity index is 1750. The largest absolute Gasteiger partial charge is 0.337 e. The number of nitrogens with one attached hydrogen (secondary N) is 1. The van der Waals surface area contributed by atoms with Crippen molar-refractivity contribution in [2.75, 3.05) is 15.2 Å². The number of benzene rings is 4. The van der Waals surface area contributed by atoms with Crippen LogP contribution in [-0.2, 0) is 4.79 Å². The van der Waals surface area contributed by atoms with Gasteiger partial charge in [0.2, 0.25) is 17.7 Å². The summed E-state index contributed by atoms with van der Waals surface area (Å²) in [7, 11) is 0. The van der Waals surface area contributed by atoms with Gasteiger partial charge in [0.25, 0.3) is 5.91 Å². The van der Waals surface area contributed by atoms with Crippen LogP contribution in [0.3, 0.4) is 0 Å². The lowest BCUT2D eigenvalue weighted by molar-refractivity contribution is -0.110. The Labute approximate surface area is 234 Å². The number of hydrogen-bond acceptors (Lipinski definition) is 7. The van der Waals surface area contributed by atoms with E-state index in [1.165, 1.54) is 0 Å². The number of hydrazone groups is 1. The van der Waals surface area contributed by atoms with E-state index < -0.39 is 11.9 Å². The second-order valence-electron chi connectivity index (χ2n) is 9.23. The molecule has 8 nitrogen and oxygen atoms in total. The van der Waals surface area contributed by atoms with Crippen molar-refractivity contribution >= 4 is 46.6 Å². The predicted molar refractivity (Wildman–Crippen MR) is 157 cm³/mol. The van der Waals surface area contributed by atoms with Crippen molar-refractivity contribution in [3.8, 4) is 11.3 Å². The SMILES string of the molecule is O=C(Nc1ccccc1)C1=NN(c2ccccc2)C2=NC(c3ccc(Cl)cc3)c3c(-c4ccccc4)noc3N12. The summed E-state index contributed by atoms with van der Waals surface area (Å²) in [6, 6.07) is 35.6. The van der Waals surface area contributed by atoms with E-state index in [2.05, 4.69) is 10.5 Å². The number of aromatic nitrogens is 1. The number of amidine groups is 1. The number of aliphatic imine (C=N–C) groups is 1. The van der Waals surface area contributed by atoms with E-state index in [1.807, 2.05) is 115 Å². The molecule has 0 saturated heterocycles. The summed E-state index contributed by atoms with van der Waals surface area (Å²) in [5, 5.41) is 14.4. The van der Waals surface area contributed by atoms with Crippen LogP contribution >= 0.6 is 11.6 Å². The second kappa shape index (κ2) is 9.83. The van der Waals surface area contributed by atoms with E-state index >= 15 is 0 Å². The molecular weight excluding hydrogens is 524 g/mol. The molecule has 5 aromatic rings. The first-order valence-electron chi connectivity index (χ1n) is 12.7. The molecule has 0 aliphatic carbocycles. The highest BCUT2D eigenvalue weighted by Crippen LogP contribution is 2.46. The van der Waals surface area contributed by atoms with Gasteiger partial charge in [0, 0.05) is 16.3 Å². The number of rotatable bonds is 5. The molecule has 1 amide bonds. The minimum Gasteiger partial charge on any atom is -0.337 e. The van der Waals surface area contributed by atoms with Gasteiger partial charge in [0.15, 0.2) is 0 Å². The third-order valence-electron chi connectivity index (χ3n) is 6.69. The average molecular weight is 545 g/mol. The standard InChI is InChI=1S/C31H21ClN6O2/c32-22-18-16-21(17-19-22)26-25-27(20-10-4-1-5-11-20)36-40-30(25)37-28(29(39)33-23-12-6-2-7-13-23)35-38(31(37)34-26)24-14-8-3-9-15-24/h1-19,26H,(H,33,39). The molecule has 0 radical (unpaired) electrons. The minimum absolute atomic E-state index is 0.109. The van der Waals surface area contributed by atoms with Crippen LogP contribution in [0.1, 0.15) is 17.2 Å². The molecule has 1 N–H and O–H groups in total. The molecule has 7 rings (SSSR count). The van der Waals surface area contributed by atoms with Crippen LogP contribution in [-0.4, -0.2) is 22.9 Å². The van der Waals surface area contributed by atoms with Gasteiger partial charge in [0.05, 0.1) is 11.3 Å². The molecule has 1 unspecified atom stereocenters. The maximum atomic E-state index is 13.7.